The molecule has 0 saturated heterocycles. The molecule has 0 radical (unpaired) electrons. The third-order valence-corrected chi connectivity index (χ3v) is 31.3. The molecule has 2 aliphatic rings. The summed E-state index contributed by atoms with van der Waals surface area (Å²) in [6, 6.07) is 130. The van der Waals surface area contributed by atoms with E-state index >= 15 is 0 Å². The monoisotopic (exact) mass is 1650 g/mol. The predicted octanol–water partition coefficient (Wildman–Crippen LogP) is 36.6. The lowest BCUT2D eigenvalue weighted by Crippen LogP contribution is -2.13. The van der Waals surface area contributed by atoms with Gasteiger partial charge in [0.05, 0.1) is 48.2 Å². The van der Waals surface area contributed by atoms with Gasteiger partial charge in [0, 0.05) is 79.6 Å². The van der Waals surface area contributed by atoms with Gasteiger partial charge in [0.1, 0.15) is 0 Å². The van der Waals surface area contributed by atoms with E-state index in [0.717, 1.165) is 0 Å². The summed E-state index contributed by atoms with van der Waals surface area (Å²) in [5.74, 6) is 1.27. The Morgan fingerprint density at radius 1 is 0.210 bits per heavy atom. The molecule has 6 heteroatoms. The van der Waals surface area contributed by atoms with Gasteiger partial charge in [-0.3, -0.25) is 0 Å². The Bertz CT molecular complexity index is 8250. The minimum absolute atomic E-state index is 0.595. The summed E-state index contributed by atoms with van der Waals surface area (Å²) in [4.78, 5) is 7.56. The van der Waals surface area contributed by atoms with Crippen molar-refractivity contribution in [2.45, 2.75) is 104 Å². The second-order valence-corrected chi connectivity index (χ2v) is 38.3. The lowest BCUT2D eigenvalue weighted by molar-refractivity contribution is 0.445. The Balaban J connectivity index is 0.000000106. The molecule has 0 spiro atoms. The fraction of sp³-hybridized carbons (Fsp3) is 0.136. The van der Waals surface area contributed by atoms with Crippen LogP contribution in [0.4, 0.5) is 51.2 Å². The molecule has 21 aromatic carbocycles. The van der Waals surface area contributed by atoms with Crippen LogP contribution >= 0.6 is 34.0 Å². The first-order chi connectivity index (χ1) is 61.2. The summed E-state index contributed by atoms with van der Waals surface area (Å²) in [7, 11) is 0. The number of rotatable bonds is 11. The fourth-order valence-electron chi connectivity index (χ4n) is 22.1. The molecule has 0 aliphatic heterocycles. The second-order valence-electron chi connectivity index (χ2n) is 35.1. The fourth-order valence-corrected chi connectivity index (χ4v) is 25.7. The zero-order chi connectivity index (χ0) is 82.4. The van der Waals surface area contributed by atoms with Gasteiger partial charge < -0.3 is 14.7 Å². The van der Waals surface area contributed by atoms with E-state index in [4.69, 9.17) is 0 Å². The number of benzene rings is 21. The maximum atomic E-state index is 2.61. The predicted molar refractivity (Wildman–Crippen MR) is 544 cm³/mol. The van der Waals surface area contributed by atoms with Crippen molar-refractivity contribution in [3.8, 4) is 0 Å². The minimum atomic E-state index is 0.595. The third-order valence-electron chi connectivity index (χ3n) is 27.7. The van der Waals surface area contributed by atoms with Gasteiger partial charge in [-0.25, -0.2) is 0 Å². The van der Waals surface area contributed by atoms with Crippen LogP contribution in [-0.2, 0) is 0 Å². The molecule has 0 atom stereocenters. The number of para-hydroxylation sites is 2. The van der Waals surface area contributed by atoms with Crippen molar-refractivity contribution in [3.63, 3.8) is 0 Å². The topological polar surface area (TPSA) is 9.72 Å². The first kappa shape index (κ1) is 74.6. The van der Waals surface area contributed by atoms with Crippen LogP contribution < -0.4 is 14.7 Å². The first-order valence-electron chi connectivity index (χ1n) is 44.6. The highest BCUT2D eigenvalue weighted by atomic mass is 32.1. The zero-order valence-corrected chi connectivity index (χ0v) is 72.7. The van der Waals surface area contributed by atoms with Crippen LogP contribution in [0.1, 0.15) is 109 Å². The van der Waals surface area contributed by atoms with Gasteiger partial charge in [0.15, 0.2) is 0 Å². The smallest absolute Gasteiger partial charge is 0.0640 e. The minimum Gasteiger partial charge on any atom is -0.308 e. The summed E-state index contributed by atoms with van der Waals surface area (Å²) < 4.78 is 7.99. The van der Waals surface area contributed by atoms with Crippen molar-refractivity contribution in [3.05, 3.63) is 379 Å². The van der Waals surface area contributed by atoms with E-state index in [1.165, 1.54) is 295 Å². The van der Waals surface area contributed by atoms with Crippen molar-refractivity contribution in [1.82, 2.24) is 0 Å². The Morgan fingerprint density at radius 2 is 0.565 bits per heavy atom. The van der Waals surface area contributed by atoms with Crippen LogP contribution in [0.15, 0.2) is 346 Å². The van der Waals surface area contributed by atoms with E-state index in [1.54, 1.807) is 11.1 Å². The maximum Gasteiger partial charge on any atom is 0.0640 e. The van der Waals surface area contributed by atoms with Crippen LogP contribution in [0.3, 0.4) is 0 Å². The van der Waals surface area contributed by atoms with Crippen LogP contribution in [0, 0.1) is 27.7 Å². The lowest BCUT2D eigenvalue weighted by atomic mass is 9.78. The average Bonchev–Trinajstić information content (AvgIpc) is 0.824. The standard InChI is InChI=1S/C46H41NS.2C36H25NS/c1-4-13-30(14-5-1)34-25-23-32-24-26-37-40(31-15-6-2-7-16-31)29-42(39-28-27-36(34)44(32)45(37)39)47(33-17-8-3-9-18-33)41-21-12-20-38-35-19-10-11-22-43(35)48-46(38)41;1-22-19-23(2)21-27(20-22)37(32-11-6-10-29-28-9-3-4-12-33(28)38-36(29)32)31-18-16-26-14-13-24-7-5-8-25-15-17-30(31)35(26)34(24)25;1-22-15-16-24-17-18-27-23(2)21-32(30-20-19-26(22)34(24)35(27)30)37(25-9-4-3-5-10-25)31-13-8-12-29-28-11-6-7-14-33(28)38-36(29)31/h3,8-12,17-31H,1-2,4-7,13-16H2;2*3-21H,1-2H3. The molecule has 124 heavy (non-hydrogen) atoms. The number of hydrogen-bond donors (Lipinski definition) is 0. The number of hydrogen-bond acceptors (Lipinski definition) is 6. The molecule has 3 aromatic heterocycles. The Hall–Kier alpha value is -13.2. The highest BCUT2D eigenvalue weighted by Gasteiger charge is 2.31. The van der Waals surface area contributed by atoms with Crippen LogP contribution in [0.5, 0.6) is 0 Å². The van der Waals surface area contributed by atoms with Crippen molar-refractivity contribution in [1.29, 1.82) is 0 Å². The molecule has 0 unspecified atom stereocenters. The van der Waals surface area contributed by atoms with Crippen LogP contribution in [0.2, 0.25) is 0 Å². The number of fused-ring (bicyclic) bond motifs is 9. The molecule has 3 heterocycles. The summed E-state index contributed by atoms with van der Waals surface area (Å²) >= 11 is 5.70. The Kier molecular flexibility index (Phi) is 18.3. The largest absolute Gasteiger partial charge is 0.308 e. The van der Waals surface area contributed by atoms with Gasteiger partial charge >= 0.3 is 0 Å². The molecular formula is C118H91N3S3. The van der Waals surface area contributed by atoms with Gasteiger partial charge in [0.25, 0.3) is 0 Å². The summed E-state index contributed by atoms with van der Waals surface area (Å²) in [6.45, 7) is 8.86. The summed E-state index contributed by atoms with van der Waals surface area (Å²) in [5.41, 5.74) is 19.4. The number of nitrogens with zero attached hydrogens (tertiary/aromatic N) is 3. The average molecular weight is 1650 g/mol. The molecule has 24 aromatic rings. The molecule has 0 N–H and O–H groups in total. The highest BCUT2D eigenvalue weighted by molar-refractivity contribution is 7.27. The zero-order valence-electron chi connectivity index (χ0n) is 70.2. The van der Waals surface area contributed by atoms with Crippen molar-refractivity contribution in [2.24, 2.45) is 0 Å². The van der Waals surface area contributed by atoms with Gasteiger partial charge in [0.2, 0.25) is 0 Å². The lowest BCUT2D eigenvalue weighted by Gasteiger charge is -2.31. The van der Waals surface area contributed by atoms with E-state index in [2.05, 4.69) is 388 Å². The maximum absolute atomic E-state index is 2.61. The summed E-state index contributed by atoms with van der Waals surface area (Å²) in [5, 5.41) is 32.5. The van der Waals surface area contributed by atoms with Gasteiger partial charge in [-0.15, -0.1) is 34.0 Å². The van der Waals surface area contributed by atoms with Gasteiger partial charge in [-0.2, -0.15) is 0 Å². The molecule has 0 bridgehead atoms. The third kappa shape index (κ3) is 12.3. The quantitative estimate of drug-likeness (QED) is 0.120. The number of thiophene rings is 3. The van der Waals surface area contributed by atoms with E-state index in [1.807, 2.05) is 34.0 Å². The van der Waals surface area contributed by atoms with E-state index in [-0.39, 0.29) is 0 Å². The van der Waals surface area contributed by atoms with E-state index in [0.29, 0.717) is 11.8 Å². The Morgan fingerprint density at radius 3 is 1.10 bits per heavy atom. The number of aryl methyl sites for hydroxylation is 4. The molecule has 596 valence electrons. The number of anilines is 9. The molecule has 2 aliphatic carbocycles. The van der Waals surface area contributed by atoms with Gasteiger partial charge in [-0.1, -0.05) is 293 Å². The van der Waals surface area contributed by atoms with E-state index in [9.17, 15) is 0 Å². The van der Waals surface area contributed by atoms with Crippen molar-refractivity contribution in [2.75, 3.05) is 14.7 Å². The molecule has 0 amide bonds. The molecule has 2 fully saturated rings. The van der Waals surface area contributed by atoms with E-state index < -0.39 is 0 Å². The first-order valence-corrected chi connectivity index (χ1v) is 47.0. The second kappa shape index (κ2) is 30.4. The molecule has 26 rings (SSSR count). The Labute approximate surface area is 734 Å². The van der Waals surface area contributed by atoms with Gasteiger partial charge in [-0.05, 0) is 270 Å². The van der Waals surface area contributed by atoms with Crippen LogP contribution in [0.25, 0.3) is 157 Å². The molecular weight excluding hydrogens is 1560 g/mol. The summed E-state index contributed by atoms with van der Waals surface area (Å²) in [6.07, 6.45) is 13.3. The van der Waals surface area contributed by atoms with Crippen molar-refractivity contribution >= 4 is 243 Å². The normalized spacial score (nSPS) is 13.7. The van der Waals surface area contributed by atoms with Crippen molar-refractivity contribution < 1.29 is 0 Å². The molecule has 3 nitrogen and oxygen atoms in total. The highest BCUT2D eigenvalue weighted by Crippen LogP contribution is 2.56. The SMILES string of the molecule is Cc1cc(C)cc(N(c2ccc3ccc4cccc5ccc2c3c45)c2cccc3c2sc2ccccc23)c1.Cc1ccc2ccc3c(C)cc(N(c4ccccc4)c4cccc5c4sc4ccccc45)c4ccc1c2c34.c1ccc(N(c2cc(C3CCCCC3)c3ccc4ccc(C5CCCCC5)c5ccc2c3c45)c2cccc3c2sc2ccccc23)cc1. The molecule has 2 saturated carbocycles. The van der Waals surface area contributed by atoms with Crippen LogP contribution in [-0.4, -0.2) is 0 Å².